The minimum Gasteiger partial charge on any atom is -0.548 e. The molecule has 0 aliphatic carbocycles. The lowest BCUT2D eigenvalue weighted by molar-refractivity contribution is -0.303. The highest BCUT2D eigenvalue weighted by Gasteiger charge is 2.34. The van der Waals surface area contributed by atoms with Crippen LogP contribution in [0.5, 0.6) is 0 Å². The maximum atomic E-state index is 13.2. The summed E-state index contributed by atoms with van der Waals surface area (Å²) in [6, 6.07) is 14.7. The lowest BCUT2D eigenvalue weighted by atomic mass is 9.87. The third-order valence-corrected chi connectivity index (χ3v) is 6.63. The number of carbonyl (C=O) groups excluding carboxylic acids is 2. The molecule has 0 N–H and O–H groups in total. The molecule has 0 bridgehead atoms. The minimum atomic E-state index is -1.38. The Bertz CT molecular complexity index is 1540. The lowest BCUT2D eigenvalue weighted by Crippen LogP contribution is -2.40. The molecule has 33 heavy (non-hydrogen) atoms. The Morgan fingerprint density at radius 3 is 2.39 bits per heavy atom. The Balaban J connectivity index is 1.63. The summed E-state index contributed by atoms with van der Waals surface area (Å²) in [7, 11) is 0. The molecule has 0 atom stereocenters. The van der Waals surface area contributed by atoms with E-state index < -0.39 is 24.0 Å². The second-order valence-electron chi connectivity index (χ2n) is 8.85. The molecule has 1 aliphatic rings. The number of benzene rings is 2. The number of fused-ring (bicyclic) bond motifs is 2. The number of rotatable bonds is 3. The molecule has 1 aliphatic heterocycles. The van der Waals surface area contributed by atoms with Crippen molar-refractivity contribution in [1.82, 2.24) is 14.6 Å². The first-order valence-corrected chi connectivity index (χ1v) is 11.1. The van der Waals surface area contributed by atoms with E-state index in [4.69, 9.17) is 0 Å². The number of thiazole rings is 1. The summed E-state index contributed by atoms with van der Waals surface area (Å²) in [6.07, 6.45) is 0. The molecule has 2 aromatic carbocycles. The molecule has 0 spiro atoms. The van der Waals surface area contributed by atoms with Crippen molar-refractivity contribution < 1.29 is 14.7 Å². The molecule has 4 aromatic rings. The Hall–Kier alpha value is -3.85. The van der Waals surface area contributed by atoms with Crippen LogP contribution in [0.1, 0.15) is 31.9 Å². The monoisotopic (exact) mass is 459 g/mol. The number of carboxylic acids is 1. The molecule has 3 heterocycles. The molecule has 2 aromatic heterocycles. The maximum absolute atomic E-state index is 13.2. The van der Waals surface area contributed by atoms with Crippen molar-refractivity contribution in [3.63, 3.8) is 0 Å². The van der Waals surface area contributed by atoms with Crippen LogP contribution in [-0.2, 0) is 15.0 Å². The van der Waals surface area contributed by atoms with Gasteiger partial charge < -0.3 is 14.8 Å². The standard InChI is InChI=1S/C24H20N4O4S/c1-24(2,3)14-10-8-13(9-11-14)20-25-23-28(26-20)22(32)19(33-23)18-15-6-4-5-7-16(15)27(21(18)31)12-17(29)30/h4-11H,12H2,1-3H3,(H,29,30)/p-1/b19-18-. The number of nitrogens with zero attached hydrogens (tertiary/aromatic N) is 4. The Morgan fingerprint density at radius 1 is 1.06 bits per heavy atom. The van der Waals surface area contributed by atoms with E-state index in [2.05, 4.69) is 30.9 Å². The number of anilines is 1. The molecule has 9 heteroatoms. The van der Waals surface area contributed by atoms with Crippen molar-refractivity contribution in [2.24, 2.45) is 0 Å². The number of amides is 1. The van der Waals surface area contributed by atoms with Crippen LogP contribution in [0.4, 0.5) is 5.69 Å². The highest BCUT2D eigenvalue weighted by atomic mass is 32.1. The van der Waals surface area contributed by atoms with E-state index in [0.717, 1.165) is 21.8 Å². The smallest absolute Gasteiger partial charge is 0.291 e. The second kappa shape index (κ2) is 7.35. The number of aromatic nitrogens is 3. The molecule has 0 saturated heterocycles. The number of hydrogen-bond acceptors (Lipinski definition) is 7. The molecule has 0 saturated carbocycles. The number of carboxylic acid groups (broad SMARTS) is 1. The first-order valence-electron chi connectivity index (χ1n) is 10.3. The summed E-state index contributed by atoms with van der Waals surface area (Å²) in [6.45, 7) is 5.80. The summed E-state index contributed by atoms with van der Waals surface area (Å²) in [5, 5.41) is 15.5. The van der Waals surface area contributed by atoms with Gasteiger partial charge in [-0.25, -0.2) is 0 Å². The van der Waals surface area contributed by atoms with Gasteiger partial charge in [0.05, 0.1) is 23.8 Å². The van der Waals surface area contributed by atoms with Gasteiger partial charge in [-0.1, -0.05) is 74.6 Å². The van der Waals surface area contributed by atoms with Crippen LogP contribution < -0.4 is 20.1 Å². The normalized spacial score (nSPS) is 15.4. The van der Waals surface area contributed by atoms with Crippen LogP contribution in [0.3, 0.4) is 0 Å². The van der Waals surface area contributed by atoms with Gasteiger partial charge in [0.15, 0.2) is 5.82 Å². The van der Waals surface area contributed by atoms with Gasteiger partial charge in [0.25, 0.3) is 11.5 Å². The van der Waals surface area contributed by atoms with E-state index in [1.54, 1.807) is 24.3 Å². The van der Waals surface area contributed by atoms with Crippen molar-refractivity contribution in [1.29, 1.82) is 0 Å². The molecular weight excluding hydrogens is 440 g/mol. The predicted octanol–water partition coefficient (Wildman–Crippen LogP) is 1.13. The van der Waals surface area contributed by atoms with Crippen LogP contribution >= 0.6 is 11.3 Å². The van der Waals surface area contributed by atoms with E-state index in [-0.39, 0.29) is 15.5 Å². The van der Waals surface area contributed by atoms with Crippen LogP contribution in [0.15, 0.2) is 53.3 Å². The maximum Gasteiger partial charge on any atom is 0.291 e. The summed E-state index contributed by atoms with van der Waals surface area (Å²) in [5.41, 5.74) is 2.61. The Morgan fingerprint density at radius 2 is 1.76 bits per heavy atom. The van der Waals surface area contributed by atoms with Crippen molar-refractivity contribution in [2.75, 3.05) is 11.4 Å². The minimum absolute atomic E-state index is 0.0174. The van der Waals surface area contributed by atoms with E-state index in [0.29, 0.717) is 22.0 Å². The van der Waals surface area contributed by atoms with Gasteiger partial charge in [0.1, 0.15) is 4.53 Å². The van der Waals surface area contributed by atoms with E-state index >= 15 is 0 Å². The Kier molecular flexibility index (Phi) is 4.68. The number of hydrogen-bond donors (Lipinski definition) is 0. The quantitative estimate of drug-likeness (QED) is 0.455. The molecule has 0 unspecified atom stereocenters. The SMILES string of the molecule is CC(C)(C)c1ccc(-c2nc3s/c(=C4\C(=O)N(CC(=O)[O-])c5ccccc54)c(=O)n3n2)cc1. The van der Waals surface area contributed by atoms with Crippen LogP contribution in [0.2, 0.25) is 0 Å². The number of carbonyl (C=O) groups is 2. The van der Waals surface area contributed by atoms with Gasteiger partial charge in [-0.3, -0.25) is 9.59 Å². The highest BCUT2D eigenvalue weighted by molar-refractivity contribution is 7.15. The van der Waals surface area contributed by atoms with Crippen molar-refractivity contribution in [3.8, 4) is 11.4 Å². The average molecular weight is 460 g/mol. The lowest BCUT2D eigenvalue weighted by Gasteiger charge is -2.18. The van der Waals surface area contributed by atoms with Crippen LogP contribution in [0, 0.1) is 0 Å². The molecule has 0 radical (unpaired) electrons. The topological polar surface area (TPSA) is 108 Å². The van der Waals surface area contributed by atoms with Gasteiger partial charge >= 0.3 is 0 Å². The van der Waals surface area contributed by atoms with E-state index in [9.17, 15) is 19.5 Å². The predicted molar refractivity (Wildman–Crippen MR) is 123 cm³/mol. The van der Waals surface area contributed by atoms with E-state index in [1.165, 1.54) is 10.1 Å². The molecular formula is C24H19N4O4S-. The van der Waals surface area contributed by atoms with E-state index in [1.807, 2.05) is 24.3 Å². The Labute approximate surface area is 192 Å². The van der Waals surface area contributed by atoms with Crippen molar-refractivity contribution in [2.45, 2.75) is 26.2 Å². The largest absolute Gasteiger partial charge is 0.548 e. The zero-order valence-corrected chi connectivity index (χ0v) is 19.0. The molecule has 1 amide bonds. The number of aliphatic carboxylic acids is 1. The fraction of sp³-hybridized carbons (Fsp3) is 0.208. The van der Waals surface area contributed by atoms with Gasteiger partial charge in [-0.05, 0) is 17.0 Å². The zero-order valence-electron chi connectivity index (χ0n) is 18.2. The fourth-order valence-electron chi connectivity index (χ4n) is 3.91. The fourth-order valence-corrected chi connectivity index (χ4v) is 4.91. The summed E-state index contributed by atoms with van der Waals surface area (Å²) >= 11 is 1.06. The molecule has 0 fully saturated rings. The van der Waals surface area contributed by atoms with Gasteiger partial charge in [-0.15, -0.1) is 5.10 Å². The van der Waals surface area contributed by atoms with Gasteiger partial charge in [0, 0.05) is 11.1 Å². The van der Waals surface area contributed by atoms with Crippen LogP contribution in [0.25, 0.3) is 21.9 Å². The van der Waals surface area contributed by atoms with Crippen molar-refractivity contribution in [3.05, 3.63) is 74.5 Å². The number of para-hydroxylation sites is 1. The molecule has 8 nitrogen and oxygen atoms in total. The first kappa shape index (κ1) is 21.0. The molecule has 166 valence electrons. The molecule has 5 rings (SSSR count). The second-order valence-corrected chi connectivity index (χ2v) is 9.83. The van der Waals surface area contributed by atoms with Gasteiger partial charge in [0.2, 0.25) is 4.96 Å². The highest BCUT2D eigenvalue weighted by Crippen LogP contribution is 2.35. The van der Waals surface area contributed by atoms with Gasteiger partial charge in [-0.2, -0.15) is 9.50 Å². The third-order valence-electron chi connectivity index (χ3n) is 5.60. The summed E-state index contributed by atoms with van der Waals surface area (Å²) in [5.74, 6) is -1.52. The summed E-state index contributed by atoms with van der Waals surface area (Å²) < 4.78 is 1.37. The van der Waals surface area contributed by atoms with Crippen molar-refractivity contribution >= 4 is 39.4 Å². The third kappa shape index (κ3) is 3.41. The summed E-state index contributed by atoms with van der Waals surface area (Å²) in [4.78, 5) is 43.4. The first-order chi connectivity index (χ1) is 15.6. The zero-order chi connectivity index (χ0) is 23.5. The van der Waals surface area contributed by atoms with Crippen LogP contribution in [-0.4, -0.2) is 33.0 Å². The average Bonchev–Trinajstić information content (AvgIpc) is 3.39.